The van der Waals surface area contributed by atoms with Crippen LogP contribution in [0, 0.1) is 0 Å². The number of nitrogens with zero attached hydrogens (tertiary/aromatic N) is 3. The zero-order chi connectivity index (χ0) is 18.8. The van der Waals surface area contributed by atoms with Gasteiger partial charge in [0.15, 0.2) is 17.3 Å². The molecule has 0 radical (unpaired) electrons. The zero-order valence-electron chi connectivity index (χ0n) is 15.7. The SMILES string of the molecule is CCCOc1ccc(C2C3=C(CCCC3=O)Nc3ncnn32)cc1OCC. The van der Waals surface area contributed by atoms with Crippen molar-refractivity contribution in [3.05, 3.63) is 41.4 Å². The van der Waals surface area contributed by atoms with Gasteiger partial charge in [0.1, 0.15) is 12.4 Å². The largest absolute Gasteiger partial charge is 0.490 e. The number of anilines is 1. The van der Waals surface area contributed by atoms with E-state index in [1.54, 1.807) is 4.68 Å². The van der Waals surface area contributed by atoms with Crippen molar-refractivity contribution in [3.63, 3.8) is 0 Å². The molecule has 0 amide bonds. The van der Waals surface area contributed by atoms with E-state index in [0.717, 1.165) is 41.8 Å². The Kier molecular flexibility index (Phi) is 4.83. The van der Waals surface area contributed by atoms with Gasteiger partial charge >= 0.3 is 0 Å². The van der Waals surface area contributed by atoms with Gasteiger partial charge in [0.2, 0.25) is 5.95 Å². The summed E-state index contributed by atoms with van der Waals surface area (Å²) in [6.45, 7) is 5.19. The third kappa shape index (κ3) is 3.18. The first kappa shape index (κ1) is 17.6. The van der Waals surface area contributed by atoms with Crippen molar-refractivity contribution in [2.24, 2.45) is 0 Å². The molecule has 2 heterocycles. The lowest BCUT2D eigenvalue weighted by Crippen LogP contribution is -2.31. The molecular weight excluding hydrogens is 344 g/mol. The Morgan fingerprint density at radius 3 is 2.93 bits per heavy atom. The monoisotopic (exact) mass is 368 g/mol. The van der Waals surface area contributed by atoms with E-state index in [2.05, 4.69) is 22.3 Å². The molecule has 1 atom stereocenters. The van der Waals surface area contributed by atoms with Gasteiger partial charge in [-0.1, -0.05) is 13.0 Å². The Morgan fingerprint density at radius 1 is 1.22 bits per heavy atom. The average Bonchev–Trinajstić information content (AvgIpc) is 3.14. The number of aromatic nitrogens is 3. The molecule has 0 saturated carbocycles. The van der Waals surface area contributed by atoms with Crippen LogP contribution in [0.5, 0.6) is 11.5 Å². The Morgan fingerprint density at radius 2 is 2.11 bits per heavy atom. The van der Waals surface area contributed by atoms with Crippen LogP contribution in [0.25, 0.3) is 0 Å². The molecule has 2 aromatic rings. The number of carbonyl (C=O) groups is 1. The predicted octanol–water partition coefficient (Wildman–Crippen LogP) is 3.49. The second-order valence-electron chi connectivity index (χ2n) is 6.71. The van der Waals surface area contributed by atoms with E-state index >= 15 is 0 Å². The molecule has 27 heavy (non-hydrogen) atoms. The number of benzene rings is 1. The molecule has 0 fully saturated rings. The van der Waals surface area contributed by atoms with Crippen LogP contribution < -0.4 is 14.8 Å². The third-order valence-electron chi connectivity index (χ3n) is 4.85. The summed E-state index contributed by atoms with van der Waals surface area (Å²) in [7, 11) is 0. The van der Waals surface area contributed by atoms with Crippen molar-refractivity contribution in [2.45, 2.75) is 45.6 Å². The Labute approximate surface area is 158 Å². The van der Waals surface area contributed by atoms with E-state index in [1.807, 2.05) is 25.1 Å². The second-order valence-corrected chi connectivity index (χ2v) is 6.71. The van der Waals surface area contributed by atoms with Crippen LogP contribution in [0.3, 0.4) is 0 Å². The molecule has 1 aliphatic carbocycles. The van der Waals surface area contributed by atoms with Crippen LogP contribution in [0.4, 0.5) is 5.95 Å². The van der Waals surface area contributed by atoms with Gasteiger partial charge in [-0.2, -0.15) is 10.1 Å². The standard InChI is InChI=1S/C20H24N4O3/c1-3-10-27-16-9-8-13(11-17(16)26-4-2)19-18-14(6-5-7-15(18)25)23-20-21-12-22-24(19)20/h8-9,11-12,19H,3-7,10H2,1-2H3,(H,21,22,23). The van der Waals surface area contributed by atoms with Gasteiger partial charge in [-0.15, -0.1) is 0 Å². The zero-order valence-corrected chi connectivity index (χ0v) is 15.7. The van der Waals surface area contributed by atoms with Crippen molar-refractivity contribution >= 4 is 11.7 Å². The Hall–Kier alpha value is -2.83. The molecule has 0 saturated heterocycles. The van der Waals surface area contributed by atoms with Gasteiger partial charge in [0, 0.05) is 17.7 Å². The number of rotatable bonds is 6. The van der Waals surface area contributed by atoms with Gasteiger partial charge in [0.25, 0.3) is 0 Å². The highest BCUT2D eigenvalue weighted by Gasteiger charge is 2.36. The van der Waals surface area contributed by atoms with Crippen molar-refractivity contribution < 1.29 is 14.3 Å². The van der Waals surface area contributed by atoms with E-state index in [9.17, 15) is 4.79 Å². The summed E-state index contributed by atoms with van der Waals surface area (Å²) in [4.78, 5) is 17.1. The molecule has 0 bridgehead atoms. The summed E-state index contributed by atoms with van der Waals surface area (Å²) >= 11 is 0. The first-order chi connectivity index (χ1) is 13.2. The fourth-order valence-electron chi connectivity index (χ4n) is 3.70. The minimum atomic E-state index is -0.300. The lowest BCUT2D eigenvalue weighted by molar-refractivity contribution is -0.116. The summed E-state index contributed by atoms with van der Waals surface area (Å²) in [5, 5.41) is 7.65. The number of Topliss-reactive ketones (excluding diaryl/α,β-unsaturated/α-hetero) is 1. The lowest BCUT2D eigenvalue weighted by Gasteiger charge is -2.32. The Balaban J connectivity index is 1.80. The van der Waals surface area contributed by atoms with Crippen molar-refractivity contribution in [1.29, 1.82) is 0 Å². The van der Waals surface area contributed by atoms with Crippen LogP contribution in [0.2, 0.25) is 0 Å². The fourth-order valence-corrected chi connectivity index (χ4v) is 3.70. The van der Waals surface area contributed by atoms with Crippen molar-refractivity contribution in [1.82, 2.24) is 14.8 Å². The smallest absolute Gasteiger partial charge is 0.226 e. The molecule has 4 rings (SSSR count). The topological polar surface area (TPSA) is 78.3 Å². The van der Waals surface area contributed by atoms with Gasteiger partial charge in [0.05, 0.1) is 13.2 Å². The molecule has 1 unspecified atom stereocenters. The molecular formula is C20H24N4O3. The number of ketones is 1. The summed E-state index contributed by atoms with van der Waals surface area (Å²) in [5.41, 5.74) is 2.68. The molecule has 1 aliphatic heterocycles. The van der Waals surface area contributed by atoms with Gasteiger partial charge in [-0.25, -0.2) is 4.68 Å². The maximum atomic E-state index is 12.7. The first-order valence-electron chi connectivity index (χ1n) is 9.55. The molecule has 142 valence electrons. The van der Waals surface area contributed by atoms with Crippen LogP contribution in [0.1, 0.15) is 51.1 Å². The third-order valence-corrected chi connectivity index (χ3v) is 4.85. The second kappa shape index (κ2) is 7.42. The quantitative estimate of drug-likeness (QED) is 0.841. The normalized spacial score (nSPS) is 18.6. The summed E-state index contributed by atoms with van der Waals surface area (Å²) in [6.07, 6.45) is 4.71. The number of hydrogen-bond acceptors (Lipinski definition) is 6. The average molecular weight is 368 g/mol. The lowest BCUT2D eigenvalue weighted by atomic mass is 9.85. The van der Waals surface area contributed by atoms with Crippen LogP contribution in [-0.2, 0) is 4.79 Å². The van der Waals surface area contributed by atoms with E-state index < -0.39 is 0 Å². The van der Waals surface area contributed by atoms with Gasteiger partial charge in [-0.3, -0.25) is 4.79 Å². The van der Waals surface area contributed by atoms with Crippen molar-refractivity contribution in [2.75, 3.05) is 18.5 Å². The van der Waals surface area contributed by atoms with Gasteiger partial charge in [-0.05, 0) is 43.9 Å². The number of ether oxygens (including phenoxy) is 2. The van der Waals surface area contributed by atoms with Crippen LogP contribution in [-0.4, -0.2) is 33.8 Å². The minimum Gasteiger partial charge on any atom is -0.490 e. The minimum absolute atomic E-state index is 0.166. The van der Waals surface area contributed by atoms with Gasteiger partial charge < -0.3 is 14.8 Å². The molecule has 0 spiro atoms. The number of nitrogens with one attached hydrogen (secondary N) is 1. The molecule has 1 aromatic heterocycles. The number of hydrogen-bond donors (Lipinski definition) is 1. The molecule has 7 heteroatoms. The summed E-state index contributed by atoms with van der Waals surface area (Å²) < 4.78 is 13.4. The van der Waals surface area contributed by atoms with Crippen LogP contribution in [0.15, 0.2) is 35.8 Å². The van der Waals surface area contributed by atoms with Crippen LogP contribution >= 0.6 is 0 Å². The fraction of sp³-hybridized carbons (Fsp3) is 0.450. The van der Waals surface area contributed by atoms with E-state index in [1.165, 1.54) is 6.33 Å². The van der Waals surface area contributed by atoms with E-state index in [-0.39, 0.29) is 11.8 Å². The highest BCUT2D eigenvalue weighted by Crippen LogP contribution is 2.41. The maximum Gasteiger partial charge on any atom is 0.226 e. The Bertz CT molecular complexity index is 887. The van der Waals surface area contributed by atoms with E-state index in [0.29, 0.717) is 31.3 Å². The summed E-state index contributed by atoms with van der Waals surface area (Å²) in [6, 6.07) is 5.57. The first-order valence-corrected chi connectivity index (χ1v) is 9.55. The number of fused-ring (bicyclic) bond motifs is 1. The predicted molar refractivity (Wildman–Crippen MR) is 101 cm³/mol. The molecule has 2 aliphatic rings. The number of carbonyl (C=O) groups excluding carboxylic acids is 1. The highest BCUT2D eigenvalue weighted by molar-refractivity contribution is 5.99. The molecule has 1 N–H and O–H groups in total. The van der Waals surface area contributed by atoms with Crippen molar-refractivity contribution in [3.8, 4) is 11.5 Å². The number of allylic oxidation sites excluding steroid dienone is 2. The molecule has 1 aromatic carbocycles. The highest BCUT2D eigenvalue weighted by atomic mass is 16.5. The molecule has 7 nitrogen and oxygen atoms in total. The van der Waals surface area contributed by atoms with E-state index in [4.69, 9.17) is 9.47 Å². The summed E-state index contributed by atoms with van der Waals surface area (Å²) in [5.74, 6) is 2.24. The maximum absolute atomic E-state index is 12.7.